The van der Waals surface area contributed by atoms with Crippen molar-refractivity contribution in [3.05, 3.63) is 47.0 Å². The highest BCUT2D eigenvalue weighted by atomic mass is 32.2. The summed E-state index contributed by atoms with van der Waals surface area (Å²) in [5.74, 6) is -1.03. The summed E-state index contributed by atoms with van der Waals surface area (Å²) in [6.07, 6.45) is 0.392. The lowest BCUT2D eigenvalue weighted by atomic mass is 10.1. The molecule has 0 fully saturated rings. The summed E-state index contributed by atoms with van der Waals surface area (Å²) in [5, 5.41) is 4.30. The van der Waals surface area contributed by atoms with Gasteiger partial charge in [0.2, 0.25) is 10.0 Å². The highest BCUT2D eigenvalue weighted by Gasteiger charge is 2.33. The van der Waals surface area contributed by atoms with E-state index in [9.17, 15) is 17.6 Å². The smallest absolute Gasteiger partial charge is 0.356 e. The zero-order chi connectivity index (χ0) is 18.2. The molecule has 0 bridgehead atoms. The van der Waals surface area contributed by atoms with E-state index in [1.807, 2.05) is 0 Å². The summed E-state index contributed by atoms with van der Waals surface area (Å²) in [6, 6.07) is 4.68. The first kappa shape index (κ1) is 17.6. The molecule has 3 rings (SSSR count). The molecule has 0 saturated heterocycles. The summed E-state index contributed by atoms with van der Waals surface area (Å²) in [4.78, 5) is 12.2. The van der Waals surface area contributed by atoms with Crippen LogP contribution in [0.1, 0.15) is 28.7 Å². The van der Waals surface area contributed by atoms with E-state index < -0.39 is 21.8 Å². The third kappa shape index (κ3) is 3.16. The quantitative estimate of drug-likeness (QED) is 0.765. The van der Waals surface area contributed by atoms with E-state index in [1.165, 1.54) is 21.1 Å². The van der Waals surface area contributed by atoms with E-state index in [0.717, 1.165) is 12.1 Å². The van der Waals surface area contributed by atoms with Gasteiger partial charge in [0.25, 0.3) is 0 Å². The number of hydrogen-bond donors (Lipinski definition) is 0. The van der Waals surface area contributed by atoms with Gasteiger partial charge in [-0.2, -0.15) is 9.40 Å². The topological polar surface area (TPSA) is 81.5 Å². The van der Waals surface area contributed by atoms with Crippen molar-refractivity contribution in [1.82, 2.24) is 14.1 Å². The van der Waals surface area contributed by atoms with Gasteiger partial charge in [0.1, 0.15) is 5.82 Å². The van der Waals surface area contributed by atoms with Crippen molar-refractivity contribution in [2.45, 2.75) is 24.8 Å². The first-order chi connectivity index (χ1) is 11.8. The molecule has 7 nitrogen and oxygen atoms in total. The molecule has 0 radical (unpaired) electrons. The number of fused-ring (bicyclic) bond motifs is 1. The predicted molar refractivity (Wildman–Crippen MR) is 86.9 cm³/mol. The van der Waals surface area contributed by atoms with Crippen LogP contribution in [0, 0.1) is 5.82 Å². The Morgan fingerprint density at radius 2 is 2.00 bits per heavy atom. The second-order valence-corrected chi connectivity index (χ2v) is 7.60. The average molecular weight is 367 g/mol. The van der Waals surface area contributed by atoms with Crippen molar-refractivity contribution in [2.75, 3.05) is 13.2 Å². The lowest BCUT2D eigenvalue weighted by Crippen LogP contribution is -2.36. The number of nitrogens with zero attached hydrogens (tertiary/aromatic N) is 3. The standard InChI is InChI=1S/C16H18FN3O4S/c1-3-24-16(21)15-13-10-20(9-8-14(13)18-19(15)2)25(22,23)12-6-4-11(17)5-7-12/h4-7H,3,8-10H2,1-2H3. The minimum absolute atomic E-state index is 0.0129. The fraction of sp³-hybridized carbons (Fsp3) is 0.375. The number of carbonyl (C=O) groups excluding carboxylic acids is 1. The largest absolute Gasteiger partial charge is 0.461 e. The number of benzene rings is 1. The number of sulfonamides is 1. The Kier molecular flexibility index (Phi) is 4.61. The van der Waals surface area contributed by atoms with Gasteiger partial charge in [-0.3, -0.25) is 4.68 Å². The maximum atomic E-state index is 13.1. The van der Waals surface area contributed by atoms with Crippen LogP contribution in [0.4, 0.5) is 4.39 Å². The zero-order valence-electron chi connectivity index (χ0n) is 13.9. The van der Waals surface area contributed by atoms with Gasteiger partial charge < -0.3 is 4.74 Å². The first-order valence-corrected chi connectivity index (χ1v) is 9.26. The number of rotatable bonds is 4. The Hall–Kier alpha value is -2.26. The van der Waals surface area contributed by atoms with Crippen molar-refractivity contribution >= 4 is 16.0 Å². The van der Waals surface area contributed by atoms with E-state index in [2.05, 4.69) is 5.10 Å². The molecule has 134 valence electrons. The minimum atomic E-state index is -3.79. The monoisotopic (exact) mass is 367 g/mol. The Bertz CT molecular complexity index is 906. The summed E-state index contributed by atoms with van der Waals surface area (Å²) < 4.78 is 46.4. The summed E-state index contributed by atoms with van der Waals surface area (Å²) in [5.41, 5.74) is 1.50. The Balaban J connectivity index is 1.95. The average Bonchev–Trinajstić information content (AvgIpc) is 2.90. The van der Waals surface area contributed by atoms with Gasteiger partial charge in [0.05, 0.1) is 17.2 Å². The number of ether oxygens (including phenoxy) is 1. The number of aryl methyl sites for hydroxylation is 1. The lowest BCUT2D eigenvalue weighted by molar-refractivity contribution is 0.0511. The van der Waals surface area contributed by atoms with Crippen LogP contribution in [0.3, 0.4) is 0 Å². The van der Waals surface area contributed by atoms with Crippen LogP contribution in [-0.2, 0) is 34.8 Å². The van der Waals surface area contributed by atoms with Gasteiger partial charge in [-0.1, -0.05) is 0 Å². The SMILES string of the molecule is CCOC(=O)c1c2c(nn1C)CCN(S(=O)(=O)c1ccc(F)cc1)C2. The van der Waals surface area contributed by atoms with Gasteiger partial charge in [0, 0.05) is 32.1 Å². The maximum absolute atomic E-state index is 13.1. The van der Waals surface area contributed by atoms with Crippen LogP contribution >= 0.6 is 0 Å². The van der Waals surface area contributed by atoms with Crippen LogP contribution in [0.2, 0.25) is 0 Å². The summed E-state index contributed by atoms with van der Waals surface area (Å²) in [7, 11) is -2.16. The van der Waals surface area contributed by atoms with E-state index in [4.69, 9.17) is 4.74 Å². The first-order valence-electron chi connectivity index (χ1n) is 7.82. The molecule has 0 unspecified atom stereocenters. The third-order valence-corrected chi connectivity index (χ3v) is 5.94. The van der Waals surface area contributed by atoms with Gasteiger partial charge >= 0.3 is 5.97 Å². The van der Waals surface area contributed by atoms with Crippen LogP contribution < -0.4 is 0 Å². The molecule has 0 saturated carbocycles. The number of esters is 1. The van der Waals surface area contributed by atoms with Crippen LogP contribution in [0.25, 0.3) is 0 Å². The molecule has 1 aromatic carbocycles. The predicted octanol–water partition coefficient (Wildman–Crippen LogP) is 1.48. The van der Waals surface area contributed by atoms with E-state index in [0.29, 0.717) is 17.7 Å². The second kappa shape index (κ2) is 6.57. The Morgan fingerprint density at radius 1 is 1.32 bits per heavy atom. The van der Waals surface area contributed by atoms with E-state index in [1.54, 1.807) is 14.0 Å². The molecule has 0 spiro atoms. The molecular formula is C16H18FN3O4S. The lowest BCUT2D eigenvalue weighted by Gasteiger charge is -2.26. The number of hydrogen-bond acceptors (Lipinski definition) is 5. The van der Waals surface area contributed by atoms with Gasteiger partial charge in [-0.25, -0.2) is 17.6 Å². The van der Waals surface area contributed by atoms with Crippen LogP contribution in [0.15, 0.2) is 29.2 Å². The van der Waals surface area contributed by atoms with Gasteiger partial charge in [0.15, 0.2) is 5.69 Å². The highest BCUT2D eigenvalue weighted by molar-refractivity contribution is 7.89. The van der Waals surface area contributed by atoms with Crippen molar-refractivity contribution in [1.29, 1.82) is 0 Å². The van der Waals surface area contributed by atoms with E-state index in [-0.39, 0.29) is 30.3 Å². The zero-order valence-corrected chi connectivity index (χ0v) is 14.7. The van der Waals surface area contributed by atoms with Crippen molar-refractivity contribution in [2.24, 2.45) is 7.05 Å². The van der Waals surface area contributed by atoms with Gasteiger partial charge in [-0.05, 0) is 31.2 Å². The Labute approximate surface area is 145 Å². The van der Waals surface area contributed by atoms with Crippen molar-refractivity contribution in [3.63, 3.8) is 0 Å². The molecular weight excluding hydrogens is 349 g/mol. The third-order valence-electron chi connectivity index (χ3n) is 4.08. The molecule has 2 aromatic rings. The van der Waals surface area contributed by atoms with Crippen LogP contribution in [0.5, 0.6) is 0 Å². The van der Waals surface area contributed by atoms with Crippen LogP contribution in [-0.4, -0.2) is 41.6 Å². The number of carbonyl (C=O) groups is 1. The summed E-state index contributed by atoms with van der Waals surface area (Å²) >= 11 is 0. The molecule has 9 heteroatoms. The highest BCUT2D eigenvalue weighted by Crippen LogP contribution is 2.27. The number of aromatic nitrogens is 2. The molecule has 0 aliphatic carbocycles. The molecule has 0 atom stereocenters. The molecule has 1 aliphatic rings. The molecule has 25 heavy (non-hydrogen) atoms. The normalized spacial score (nSPS) is 15.0. The summed E-state index contributed by atoms with van der Waals surface area (Å²) in [6.45, 7) is 2.19. The van der Waals surface area contributed by atoms with E-state index >= 15 is 0 Å². The fourth-order valence-corrected chi connectivity index (χ4v) is 4.30. The van der Waals surface area contributed by atoms with Crippen molar-refractivity contribution < 1.29 is 22.3 Å². The Morgan fingerprint density at radius 3 is 2.64 bits per heavy atom. The maximum Gasteiger partial charge on any atom is 0.356 e. The molecule has 0 N–H and O–H groups in total. The molecule has 1 aliphatic heterocycles. The molecule has 2 heterocycles. The fourth-order valence-electron chi connectivity index (χ4n) is 2.89. The molecule has 1 aromatic heterocycles. The second-order valence-electron chi connectivity index (χ2n) is 5.66. The molecule has 0 amide bonds. The number of halogens is 1. The van der Waals surface area contributed by atoms with Crippen molar-refractivity contribution in [3.8, 4) is 0 Å². The van der Waals surface area contributed by atoms with Gasteiger partial charge in [-0.15, -0.1) is 0 Å². The minimum Gasteiger partial charge on any atom is -0.461 e.